The van der Waals surface area contributed by atoms with E-state index in [0.717, 1.165) is 18.4 Å². The molecule has 0 radical (unpaired) electrons. The zero-order chi connectivity index (χ0) is 27.3. The Balaban J connectivity index is 1.59. The molecule has 3 heterocycles. The van der Waals surface area contributed by atoms with Crippen LogP contribution in [0.1, 0.15) is 78.8 Å². The Kier molecular flexibility index (Phi) is 7.74. The number of cyclic esters (lactones) is 1. The molecule has 3 fully saturated rings. The maximum absolute atomic E-state index is 13.3. The lowest BCUT2D eigenvalue weighted by Gasteiger charge is -2.34. The number of esters is 1. The van der Waals surface area contributed by atoms with Crippen molar-refractivity contribution >= 4 is 17.8 Å². The first-order valence-corrected chi connectivity index (χ1v) is 13.3. The van der Waals surface area contributed by atoms with Gasteiger partial charge in [0.05, 0.1) is 35.7 Å². The molecule has 3 N–H and O–H groups in total. The molecule has 1 aromatic heterocycles. The SMILES string of the molecule is C/C(=C\c1coc(CO)n1)[C@H]1CC2OC2(C)CC2CC2[C@H](C)[C@H](O)[C@@H](C)C(=O)C(C)(C)[C@@H](O)CC(=O)O1. The molecule has 37 heavy (non-hydrogen) atoms. The predicted molar refractivity (Wildman–Crippen MR) is 134 cm³/mol. The molecule has 4 unspecified atom stereocenters. The molecule has 0 amide bonds. The molecule has 1 saturated carbocycles. The van der Waals surface area contributed by atoms with Gasteiger partial charge in [0.25, 0.3) is 0 Å². The van der Waals surface area contributed by atoms with Crippen molar-refractivity contribution in [1.29, 1.82) is 0 Å². The van der Waals surface area contributed by atoms with Crippen molar-refractivity contribution in [3.8, 4) is 0 Å². The summed E-state index contributed by atoms with van der Waals surface area (Å²) in [6.45, 7) is 10.5. The van der Waals surface area contributed by atoms with Crippen molar-refractivity contribution in [2.24, 2.45) is 29.1 Å². The molecule has 2 aliphatic heterocycles. The van der Waals surface area contributed by atoms with Gasteiger partial charge >= 0.3 is 5.97 Å². The van der Waals surface area contributed by atoms with Gasteiger partial charge in [0.15, 0.2) is 0 Å². The summed E-state index contributed by atoms with van der Waals surface area (Å²) < 4.78 is 17.2. The third kappa shape index (κ3) is 5.85. The molecule has 1 aromatic rings. The van der Waals surface area contributed by atoms with E-state index in [9.17, 15) is 24.9 Å². The highest BCUT2D eigenvalue weighted by Gasteiger charge is 2.58. The van der Waals surface area contributed by atoms with E-state index in [4.69, 9.17) is 13.9 Å². The van der Waals surface area contributed by atoms with E-state index in [1.54, 1.807) is 26.8 Å². The van der Waals surface area contributed by atoms with Gasteiger partial charge in [-0.05, 0) is 56.1 Å². The quantitative estimate of drug-likeness (QED) is 0.405. The Hall–Kier alpha value is -2.07. The van der Waals surface area contributed by atoms with Gasteiger partial charge in [-0.15, -0.1) is 0 Å². The highest BCUT2D eigenvalue weighted by atomic mass is 16.6. The molecule has 9 atom stereocenters. The largest absolute Gasteiger partial charge is 0.458 e. The molecule has 0 aromatic carbocycles. The summed E-state index contributed by atoms with van der Waals surface area (Å²) in [5.74, 6) is -0.717. The number of ketones is 1. The van der Waals surface area contributed by atoms with Gasteiger partial charge in [-0.1, -0.05) is 27.7 Å². The van der Waals surface area contributed by atoms with E-state index in [1.165, 1.54) is 6.26 Å². The maximum Gasteiger partial charge on any atom is 0.309 e. The summed E-state index contributed by atoms with van der Waals surface area (Å²) >= 11 is 0. The molecular weight excluding hydrogens is 478 g/mol. The number of aliphatic hydroxyl groups is 3. The van der Waals surface area contributed by atoms with Gasteiger partial charge in [-0.2, -0.15) is 0 Å². The number of aliphatic hydroxyl groups excluding tert-OH is 3. The van der Waals surface area contributed by atoms with Crippen LogP contribution in [-0.4, -0.2) is 62.1 Å². The minimum atomic E-state index is -1.27. The van der Waals surface area contributed by atoms with Crippen LogP contribution in [0.5, 0.6) is 0 Å². The monoisotopic (exact) mass is 519 g/mol. The van der Waals surface area contributed by atoms with Crippen LogP contribution in [0.3, 0.4) is 0 Å². The second kappa shape index (κ2) is 10.2. The third-order valence-corrected chi connectivity index (χ3v) is 8.94. The number of carbonyl (C=O) groups is 2. The van der Waals surface area contributed by atoms with E-state index in [0.29, 0.717) is 24.0 Å². The normalized spacial score (nSPS) is 40.9. The van der Waals surface area contributed by atoms with Gasteiger partial charge in [0.1, 0.15) is 30.5 Å². The van der Waals surface area contributed by atoms with Gasteiger partial charge < -0.3 is 29.2 Å². The van der Waals surface area contributed by atoms with Crippen molar-refractivity contribution in [1.82, 2.24) is 4.98 Å². The number of nitrogens with zero attached hydrogens (tertiary/aromatic N) is 1. The topological polar surface area (TPSA) is 143 Å². The number of aromatic nitrogens is 1. The van der Waals surface area contributed by atoms with Crippen LogP contribution < -0.4 is 0 Å². The first-order chi connectivity index (χ1) is 17.3. The highest BCUT2D eigenvalue weighted by Crippen LogP contribution is 2.56. The fraction of sp³-hybridized carbons (Fsp3) is 0.750. The maximum atomic E-state index is 13.3. The molecule has 0 spiro atoms. The third-order valence-electron chi connectivity index (χ3n) is 8.94. The van der Waals surface area contributed by atoms with E-state index < -0.39 is 35.6 Å². The summed E-state index contributed by atoms with van der Waals surface area (Å²) in [4.78, 5) is 30.5. The molecule has 0 bridgehead atoms. The summed E-state index contributed by atoms with van der Waals surface area (Å²) in [5, 5.41) is 31.2. The lowest BCUT2D eigenvalue weighted by Crippen LogP contribution is -2.46. The van der Waals surface area contributed by atoms with Crippen LogP contribution in [-0.2, 0) is 25.7 Å². The fourth-order valence-electron chi connectivity index (χ4n) is 5.98. The van der Waals surface area contributed by atoms with E-state index >= 15 is 0 Å². The number of epoxide rings is 1. The summed E-state index contributed by atoms with van der Waals surface area (Å²) in [5.41, 5.74) is -0.352. The summed E-state index contributed by atoms with van der Waals surface area (Å²) in [6, 6.07) is 0. The Labute approximate surface area is 218 Å². The van der Waals surface area contributed by atoms with Crippen molar-refractivity contribution in [3.05, 3.63) is 23.4 Å². The Morgan fingerprint density at radius 2 is 1.89 bits per heavy atom. The minimum Gasteiger partial charge on any atom is -0.458 e. The summed E-state index contributed by atoms with van der Waals surface area (Å²) in [7, 11) is 0. The number of hydrogen-bond acceptors (Lipinski definition) is 9. The second-order valence-electron chi connectivity index (χ2n) is 12.2. The molecular formula is C28H41NO8. The van der Waals surface area contributed by atoms with Crippen LogP contribution in [0, 0.1) is 29.1 Å². The lowest BCUT2D eigenvalue weighted by molar-refractivity contribution is -0.154. The average molecular weight is 520 g/mol. The first-order valence-electron chi connectivity index (χ1n) is 13.3. The molecule has 3 aliphatic rings. The van der Waals surface area contributed by atoms with Crippen LogP contribution in [0.15, 0.2) is 16.3 Å². The number of carbonyl (C=O) groups excluding carboxylic acids is 2. The molecule has 9 heteroatoms. The zero-order valence-electron chi connectivity index (χ0n) is 22.6. The van der Waals surface area contributed by atoms with Crippen molar-refractivity contribution in [2.45, 2.75) is 104 Å². The molecule has 1 aliphatic carbocycles. The molecule has 206 valence electrons. The number of hydrogen-bond donors (Lipinski definition) is 3. The fourth-order valence-corrected chi connectivity index (χ4v) is 5.98. The van der Waals surface area contributed by atoms with Gasteiger partial charge in [0, 0.05) is 12.3 Å². The molecule has 9 nitrogen and oxygen atoms in total. The number of rotatable bonds is 3. The molecule has 2 saturated heterocycles. The number of ether oxygens (including phenoxy) is 2. The van der Waals surface area contributed by atoms with E-state index in [-0.39, 0.29) is 42.3 Å². The second-order valence-corrected chi connectivity index (χ2v) is 12.2. The standard InChI is InChI=1S/C28H41NO8/c1-14(7-18-13-35-23(12-30)29-18)20-9-22-28(6,37-22)11-17-8-19(17)15(2)25(33)16(3)26(34)27(4,5)21(31)10-24(32)36-20/h7,13,15-17,19-22,25,30-31,33H,8-12H2,1-6H3/b14-7+/t15-,16+,17?,19?,20+,21-,22?,25-,28?/m0/s1. The Morgan fingerprint density at radius 1 is 1.19 bits per heavy atom. The number of oxazole rings is 1. The smallest absolute Gasteiger partial charge is 0.309 e. The Bertz CT molecular complexity index is 1050. The first kappa shape index (κ1) is 28.0. The zero-order valence-corrected chi connectivity index (χ0v) is 22.6. The Morgan fingerprint density at radius 3 is 2.54 bits per heavy atom. The van der Waals surface area contributed by atoms with Crippen LogP contribution in [0.2, 0.25) is 0 Å². The van der Waals surface area contributed by atoms with Crippen molar-refractivity contribution in [2.75, 3.05) is 0 Å². The van der Waals surface area contributed by atoms with Crippen molar-refractivity contribution < 1.29 is 38.8 Å². The van der Waals surface area contributed by atoms with Crippen LogP contribution in [0.25, 0.3) is 6.08 Å². The molecule has 4 rings (SSSR count). The lowest BCUT2D eigenvalue weighted by atomic mass is 9.72. The predicted octanol–water partition coefficient (Wildman–Crippen LogP) is 3.05. The van der Waals surface area contributed by atoms with Gasteiger partial charge in [0.2, 0.25) is 5.89 Å². The highest BCUT2D eigenvalue weighted by molar-refractivity contribution is 5.88. The average Bonchev–Trinajstić information content (AvgIpc) is 3.68. The number of Topliss-reactive ketones (excluding diaryl/α,β-unsaturated/α-hetero) is 1. The van der Waals surface area contributed by atoms with Gasteiger partial charge in [-0.25, -0.2) is 4.98 Å². The minimum absolute atomic E-state index is 0.0558. The van der Waals surface area contributed by atoms with Gasteiger partial charge in [-0.3, -0.25) is 9.59 Å². The number of fused-ring (bicyclic) bond motifs is 2. The van der Waals surface area contributed by atoms with Crippen molar-refractivity contribution in [3.63, 3.8) is 0 Å². The van der Waals surface area contributed by atoms with Crippen LogP contribution >= 0.6 is 0 Å². The van der Waals surface area contributed by atoms with E-state index in [2.05, 4.69) is 11.9 Å². The van der Waals surface area contributed by atoms with Crippen LogP contribution in [0.4, 0.5) is 0 Å². The van der Waals surface area contributed by atoms with E-state index in [1.807, 2.05) is 13.8 Å². The summed E-state index contributed by atoms with van der Waals surface area (Å²) in [6.07, 6.45) is 2.26.